The van der Waals surface area contributed by atoms with Crippen LogP contribution in [-0.4, -0.2) is 47.0 Å². The number of amides is 1. The number of piperidine rings is 1. The van der Waals surface area contributed by atoms with Crippen LogP contribution in [0, 0.1) is 0 Å². The van der Waals surface area contributed by atoms with E-state index < -0.39 is 0 Å². The first kappa shape index (κ1) is 15.0. The first-order chi connectivity index (χ1) is 9.58. The Morgan fingerprint density at radius 3 is 3.05 bits per heavy atom. The average molecular weight is 299 g/mol. The number of hydrogen-bond donors (Lipinski definition) is 1. The van der Waals surface area contributed by atoms with E-state index in [1.807, 2.05) is 14.0 Å². The number of halogens is 1. The summed E-state index contributed by atoms with van der Waals surface area (Å²) >= 11 is 5.99. The molecule has 1 aliphatic heterocycles. The molecule has 0 aromatic carbocycles. The van der Waals surface area contributed by atoms with Gasteiger partial charge >= 0.3 is 0 Å². The number of aromatic nitrogens is 2. The lowest BCUT2D eigenvalue weighted by Crippen LogP contribution is -2.43. The SMILES string of the molecule is CCOCc1nc(Cl)cc(NC2CCC(=O)N(C)C2)n1. The number of hydrogen-bond acceptors (Lipinski definition) is 5. The standard InChI is InChI=1S/C13H19ClN4O2/c1-3-20-8-12-16-10(14)6-11(17-12)15-9-4-5-13(19)18(2)7-9/h6,9H,3-5,7-8H2,1-2H3,(H,15,16,17). The van der Waals surface area contributed by atoms with Crippen molar-refractivity contribution in [2.75, 3.05) is 25.5 Å². The second-order valence-electron chi connectivity index (χ2n) is 4.78. The maximum atomic E-state index is 11.5. The molecule has 2 heterocycles. The van der Waals surface area contributed by atoms with Gasteiger partial charge in [0.05, 0.1) is 0 Å². The number of nitrogens with zero attached hydrogens (tertiary/aromatic N) is 3. The van der Waals surface area contributed by atoms with E-state index in [4.69, 9.17) is 16.3 Å². The minimum atomic E-state index is 0.181. The van der Waals surface area contributed by atoms with Crippen molar-refractivity contribution in [2.24, 2.45) is 0 Å². The fraction of sp³-hybridized carbons (Fsp3) is 0.615. The zero-order chi connectivity index (χ0) is 14.5. The zero-order valence-corrected chi connectivity index (χ0v) is 12.5. The van der Waals surface area contributed by atoms with Crippen LogP contribution in [0.5, 0.6) is 0 Å². The van der Waals surface area contributed by atoms with Gasteiger partial charge in [0, 0.05) is 38.7 Å². The van der Waals surface area contributed by atoms with Crippen LogP contribution in [0.15, 0.2) is 6.07 Å². The number of ether oxygens (including phenoxy) is 1. The highest BCUT2D eigenvalue weighted by atomic mass is 35.5. The Morgan fingerprint density at radius 2 is 2.35 bits per heavy atom. The molecule has 1 unspecified atom stereocenters. The minimum absolute atomic E-state index is 0.181. The van der Waals surface area contributed by atoms with E-state index in [1.165, 1.54) is 0 Å². The maximum Gasteiger partial charge on any atom is 0.222 e. The molecular formula is C13H19ClN4O2. The molecule has 7 heteroatoms. The Kier molecular flexibility index (Phi) is 5.14. The second kappa shape index (κ2) is 6.85. The van der Waals surface area contributed by atoms with Gasteiger partial charge in [-0.15, -0.1) is 0 Å². The van der Waals surface area contributed by atoms with E-state index in [0.29, 0.717) is 43.0 Å². The molecular weight excluding hydrogens is 280 g/mol. The predicted octanol–water partition coefficient (Wildman–Crippen LogP) is 1.70. The highest BCUT2D eigenvalue weighted by Gasteiger charge is 2.23. The molecule has 1 atom stereocenters. The summed E-state index contributed by atoms with van der Waals surface area (Å²) in [7, 11) is 1.81. The van der Waals surface area contributed by atoms with E-state index >= 15 is 0 Å². The van der Waals surface area contributed by atoms with E-state index in [9.17, 15) is 4.79 Å². The number of nitrogens with one attached hydrogen (secondary N) is 1. The Bertz CT molecular complexity index is 483. The Balaban J connectivity index is 2.01. The van der Waals surface area contributed by atoms with Crippen molar-refractivity contribution in [1.29, 1.82) is 0 Å². The van der Waals surface area contributed by atoms with Crippen LogP contribution in [-0.2, 0) is 16.1 Å². The summed E-state index contributed by atoms with van der Waals surface area (Å²) in [6.07, 6.45) is 1.35. The van der Waals surface area contributed by atoms with E-state index in [2.05, 4.69) is 15.3 Å². The van der Waals surface area contributed by atoms with Gasteiger partial charge in [0.2, 0.25) is 5.91 Å². The molecule has 0 spiro atoms. The molecule has 0 aliphatic carbocycles. The van der Waals surface area contributed by atoms with Gasteiger partial charge in [-0.2, -0.15) is 0 Å². The smallest absolute Gasteiger partial charge is 0.222 e. The van der Waals surface area contributed by atoms with Crippen molar-refractivity contribution in [3.63, 3.8) is 0 Å². The molecule has 0 radical (unpaired) electrons. The monoisotopic (exact) mass is 298 g/mol. The van der Waals surface area contributed by atoms with Crippen molar-refractivity contribution in [3.05, 3.63) is 17.0 Å². The lowest BCUT2D eigenvalue weighted by Gasteiger charge is -2.30. The molecule has 2 rings (SSSR count). The molecule has 0 bridgehead atoms. The normalized spacial score (nSPS) is 19.2. The van der Waals surface area contributed by atoms with Crippen LogP contribution in [0.2, 0.25) is 5.15 Å². The van der Waals surface area contributed by atoms with Gasteiger partial charge in [0.1, 0.15) is 17.6 Å². The van der Waals surface area contributed by atoms with Gasteiger partial charge in [0.25, 0.3) is 0 Å². The van der Waals surface area contributed by atoms with Crippen LogP contribution < -0.4 is 5.32 Å². The highest BCUT2D eigenvalue weighted by Crippen LogP contribution is 2.17. The van der Waals surface area contributed by atoms with Crippen LogP contribution in [0.4, 0.5) is 5.82 Å². The fourth-order valence-corrected chi connectivity index (χ4v) is 2.34. The molecule has 20 heavy (non-hydrogen) atoms. The van der Waals surface area contributed by atoms with Crippen LogP contribution in [0.1, 0.15) is 25.6 Å². The third kappa shape index (κ3) is 4.05. The molecule has 1 aromatic rings. The lowest BCUT2D eigenvalue weighted by atomic mass is 10.1. The number of carbonyl (C=O) groups is 1. The number of rotatable bonds is 5. The van der Waals surface area contributed by atoms with E-state index in [1.54, 1.807) is 11.0 Å². The van der Waals surface area contributed by atoms with Gasteiger partial charge < -0.3 is 15.0 Å². The first-order valence-corrected chi connectivity index (χ1v) is 7.08. The molecule has 6 nitrogen and oxygen atoms in total. The Labute approximate surface area is 123 Å². The van der Waals surface area contributed by atoms with Crippen molar-refractivity contribution in [1.82, 2.24) is 14.9 Å². The summed E-state index contributed by atoms with van der Waals surface area (Å²) in [6.45, 7) is 3.53. The largest absolute Gasteiger partial charge is 0.374 e. The van der Waals surface area contributed by atoms with Crippen molar-refractivity contribution >= 4 is 23.3 Å². The number of carbonyl (C=O) groups excluding carboxylic acids is 1. The third-order valence-corrected chi connectivity index (χ3v) is 3.35. The van der Waals surface area contributed by atoms with Crippen LogP contribution in [0.25, 0.3) is 0 Å². The van der Waals surface area contributed by atoms with Gasteiger partial charge in [-0.1, -0.05) is 11.6 Å². The summed E-state index contributed by atoms with van der Waals surface area (Å²) < 4.78 is 5.29. The molecule has 1 N–H and O–H groups in total. The van der Waals surface area contributed by atoms with Crippen molar-refractivity contribution in [3.8, 4) is 0 Å². The molecule has 1 fully saturated rings. The minimum Gasteiger partial charge on any atom is -0.374 e. The van der Waals surface area contributed by atoms with Crippen LogP contribution in [0.3, 0.4) is 0 Å². The predicted molar refractivity (Wildman–Crippen MR) is 76.7 cm³/mol. The quantitative estimate of drug-likeness (QED) is 0.838. The summed E-state index contributed by atoms with van der Waals surface area (Å²) in [4.78, 5) is 21.7. The number of likely N-dealkylation sites (N-methyl/N-ethyl adjacent to an activating group) is 1. The van der Waals surface area contributed by atoms with Gasteiger partial charge in [-0.3, -0.25) is 4.79 Å². The zero-order valence-electron chi connectivity index (χ0n) is 11.7. The summed E-state index contributed by atoms with van der Waals surface area (Å²) in [6, 6.07) is 1.87. The molecule has 1 aromatic heterocycles. The summed E-state index contributed by atoms with van der Waals surface area (Å²) in [5, 5.41) is 3.69. The second-order valence-corrected chi connectivity index (χ2v) is 5.17. The summed E-state index contributed by atoms with van der Waals surface area (Å²) in [5.74, 6) is 1.41. The Morgan fingerprint density at radius 1 is 1.55 bits per heavy atom. The fourth-order valence-electron chi connectivity index (χ4n) is 2.14. The van der Waals surface area contributed by atoms with Crippen molar-refractivity contribution in [2.45, 2.75) is 32.4 Å². The number of anilines is 1. The number of likely N-dealkylation sites (tertiary alicyclic amines) is 1. The van der Waals surface area contributed by atoms with E-state index in [0.717, 1.165) is 6.42 Å². The molecule has 1 amide bonds. The maximum absolute atomic E-state index is 11.5. The van der Waals surface area contributed by atoms with Crippen molar-refractivity contribution < 1.29 is 9.53 Å². The third-order valence-electron chi connectivity index (χ3n) is 3.16. The molecule has 1 aliphatic rings. The highest BCUT2D eigenvalue weighted by molar-refractivity contribution is 6.29. The topological polar surface area (TPSA) is 67.3 Å². The molecule has 110 valence electrons. The summed E-state index contributed by atoms with van der Waals surface area (Å²) in [5.41, 5.74) is 0. The van der Waals surface area contributed by atoms with Gasteiger partial charge in [-0.25, -0.2) is 9.97 Å². The van der Waals surface area contributed by atoms with E-state index in [-0.39, 0.29) is 11.9 Å². The Hall–Kier alpha value is -1.40. The molecule has 1 saturated heterocycles. The van der Waals surface area contributed by atoms with Crippen LogP contribution >= 0.6 is 11.6 Å². The van der Waals surface area contributed by atoms with Gasteiger partial charge in [0.15, 0.2) is 5.82 Å². The molecule has 0 saturated carbocycles. The first-order valence-electron chi connectivity index (χ1n) is 6.70. The lowest BCUT2D eigenvalue weighted by molar-refractivity contribution is -0.132. The van der Waals surface area contributed by atoms with Gasteiger partial charge in [-0.05, 0) is 13.3 Å². The average Bonchev–Trinajstić information content (AvgIpc) is 2.40.